The number of carbonyl (C=O) groups is 1. The molecule has 1 saturated heterocycles. The van der Waals surface area contributed by atoms with Crippen LogP contribution in [0.5, 0.6) is 0 Å². The monoisotopic (exact) mass is 323 g/mol. The number of aromatic nitrogens is 1. The molecule has 3 rings (SSSR count). The Morgan fingerprint density at radius 3 is 2.58 bits per heavy atom. The first-order valence-electron chi connectivity index (χ1n) is 8.70. The zero-order chi connectivity index (χ0) is 16.8. The van der Waals surface area contributed by atoms with E-state index in [1.54, 1.807) is 6.20 Å². The molecule has 0 radical (unpaired) electrons. The van der Waals surface area contributed by atoms with Gasteiger partial charge in [-0.1, -0.05) is 30.3 Å². The maximum absolute atomic E-state index is 12.2. The first-order chi connectivity index (χ1) is 11.7. The van der Waals surface area contributed by atoms with E-state index >= 15 is 0 Å². The van der Waals surface area contributed by atoms with Crippen LogP contribution in [-0.4, -0.2) is 42.5 Å². The van der Waals surface area contributed by atoms with Gasteiger partial charge in [0.25, 0.3) is 5.91 Å². The van der Waals surface area contributed by atoms with E-state index in [0.717, 1.165) is 30.1 Å². The van der Waals surface area contributed by atoms with Crippen molar-refractivity contribution >= 4 is 5.91 Å². The Balaban J connectivity index is 1.48. The van der Waals surface area contributed by atoms with E-state index in [9.17, 15) is 4.79 Å². The average Bonchev–Trinajstić information content (AvgIpc) is 2.64. The van der Waals surface area contributed by atoms with Crippen LogP contribution in [0.2, 0.25) is 0 Å². The Morgan fingerprint density at radius 2 is 1.92 bits per heavy atom. The minimum atomic E-state index is -0.0324. The maximum atomic E-state index is 12.2. The summed E-state index contributed by atoms with van der Waals surface area (Å²) in [6.45, 7) is 3.08. The van der Waals surface area contributed by atoms with Crippen molar-refractivity contribution < 1.29 is 4.79 Å². The molecule has 24 heavy (non-hydrogen) atoms. The van der Waals surface area contributed by atoms with E-state index in [4.69, 9.17) is 0 Å². The number of amides is 1. The van der Waals surface area contributed by atoms with Gasteiger partial charge in [0.1, 0.15) is 0 Å². The van der Waals surface area contributed by atoms with Crippen LogP contribution in [0, 0.1) is 5.92 Å². The van der Waals surface area contributed by atoms with Crippen molar-refractivity contribution in [3.8, 4) is 11.3 Å². The summed E-state index contributed by atoms with van der Waals surface area (Å²) in [5.74, 6) is 0.704. The highest BCUT2D eigenvalue weighted by Gasteiger charge is 2.16. The lowest BCUT2D eigenvalue weighted by molar-refractivity contribution is 0.0948. The normalized spacial score (nSPS) is 16.0. The van der Waals surface area contributed by atoms with Crippen LogP contribution < -0.4 is 5.32 Å². The molecule has 1 aliphatic rings. The summed E-state index contributed by atoms with van der Waals surface area (Å²) in [7, 11) is 2.17. The van der Waals surface area contributed by atoms with Gasteiger partial charge in [-0.05, 0) is 57.5 Å². The van der Waals surface area contributed by atoms with Crippen LogP contribution in [0.15, 0.2) is 48.7 Å². The topological polar surface area (TPSA) is 45.2 Å². The summed E-state index contributed by atoms with van der Waals surface area (Å²) in [6.07, 6.45) is 5.20. The Labute approximate surface area is 143 Å². The number of nitrogens with one attached hydrogen (secondary N) is 1. The average molecular weight is 323 g/mol. The quantitative estimate of drug-likeness (QED) is 0.919. The molecule has 1 aromatic heterocycles. The van der Waals surface area contributed by atoms with Gasteiger partial charge >= 0.3 is 0 Å². The molecule has 0 spiro atoms. The van der Waals surface area contributed by atoms with Gasteiger partial charge in [0.15, 0.2) is 0 Å². The van der Waals surface area contributed by atoms with E-state index in [1.807, 2.05) is 42.5 Å². The fraction of sp³-hybridized carbons (Fsp3) is 0.400. The number of benzene rings is 1. The minimum absolute atomic E-state index is 0.0324. The molecular formula is C20H25N3O. The van der Waals surface area contributed by atoms with Crippen molar-refractivity contribution in [1.82, 2.24) is 15.2 Å². The van der Waals surface area contributed by atoms with Crippen molar-refractivity contribution in [3.63, 3.8) is 0 Å². The number of likely N-dealkylation sites (tertiary alicyclic amines) is 1. The largest absolute Gasteiger partial charge is 0.352 e. The van der Waals surface area contributed by atoms with E-state index in [1.165, 1.54) is 25.9 Å². The standard InChI is InChI=1S/C20H25N3O/c1-23-13-10-16(11-14-23)9-12-21-20(24)18-7-8-19(22-15-18)17-5-3-2-4-6-17/h2-8,15-16H,9-14H2,1H3,(H,21,24). The third-order valence-electron chi connectivity index (χ3n) is 4.77. The third kappa shape index (κ3) is 4.42. The summed E-state index contributed by atoms with van der Waals surface area (Å²) in [5.41, 5.74) is 2.57. The maximum Gasteiger partial charge on any atom is 0.252 e. The molecule has 4 nitrogen and oxygen atoms in total. The lowest BCUT2D eigenvalue weighted by Crippen LogP contribution is -2.32. The molecule has 1 N–H and O–H groups in total. The molecule has 2 heterocycles. The van der Waals surface area contributed by atoms with Crippen LogP contribution in [0.3, 0.4) is 0 Å². The lowest BCUT2D eigenvalue weighted by Gasteiger charge is -2.28. The molecule has 0 bridgehead atoms. The number of hydrogen-bond donors (Lipinski definition) is 1. The highest BCUT2D eigenvalue weighted by atomic mass is 16.1. The number of pyridine rings is 1. The van der Waals surface area contributed by atoms with Crippen molar-refractivity contribution in [2.24, 2.45) is 5.92 Å². The third-order valence-corrected chi connectivity index (χ3v) is 4.77. The number of piperidine rings is 1. The highest BCUT2D eigenvalue weighted by Crippen LogP contribution is 2.19. The zero-order valence-electron chi connectivity index (χ0n) is 14.2. The Kier molecular flexibility index (Phi) is 5.59. The molecule has 1 aliphatic heterocycles. The smallest absolute Gasteiger partial charge is 0.252 e. The zero-order valence-corrected chi connectivity index (χ0v) is 14.2. The van der Waals surface area contributed by atoms with Crippen LogP contribution in [0.25, 0.3) is 11.3 Å². The second-order valence-corrected chi connectivity index (χ2v) is 6.59. The molecule has 1 aromatic carbocycles. The van der Waals surface area contributed by atoms with Gasteiger partial charge in [-0.3, -0.25) is 9.78 Å². The van der Waals surface area contributed by atoms with Gasteiger partial charge in [0.2, 0.25) is 0 Å². The molecule has 126 valence electrons. The molecular weight excluding hydrogens is 298 g/mol. The number of rotatable bonds is 5. The second-order valence-electron chi connectivity index (χ2n) is 6.59. The number of carbonyl (C=O) groups excluding carboxylic acids is 1. The van der Waals surface area contributed by atoms with Gasteiger partial charge in [-0.2, -0.15) is 0 Å². The molecule has 1 amide bonds. The van der Waals surface area contributed by atoms with Gasteiger partial charge in [0, 0.05) is 18.3 Å². The van der Waals surface area contributed by atoms with E-state index < -0.39 is 0 Å². The van der Waals surface area contributed by atoms with E-state index in [-0.39, 0.29) is 5.91 Å². The van der Waals surface area contributed by atoms with Crippen LogP contribution in [0.4, 0.5) is 0 Å². The van der Waals surface area contributed by atoms with Crippen LogP contribution >= 0.6 is 0 Å². The minimum Gasteiger partial charge on any atom is -0.352 e. The van der Waals surface area contributed by atoms with Crippen LogP contribution in [-0.2, 0) is 0 Å². The molecule has 0 atom stereocenters. The molecule has 0 unspecified atom stereocenters. The molecule has 4 heteroatoms. The first-order valence-corrected chi connectivity index (χ1v) is 8.70. The fourth-order valence-electron chi connectivity index (χ4n) is 3.15. The highest BCUT2D eigenvalue weighted by molar-refractivity contribution is 5.94. The summed E-state index contributed by atoms with van der Waals surface area (Å²) < 4.78 is 0. The summed E-state index contributed by atoms with van der Waals surface area (Å²) in [5, 5.41) is 3.02. The van der Waals surface area contributed by atoms with Crippen LogP contribution in [0.1, 0.15) is 29.6 Å². The predicted octanol–water partition coefficient (Wildman–Crippen LogP) is 3.21. The fourth-order valence-corrected chi connectivity index (χ4v) is 3.15. The molecule has 2 aromatic rings. The van der Waals surface area contributed by atoms with Gasteiger partial charge in [-0.25, -0.2) is 0 Å². The van der Waals surface area contributed by atoms with Crippen molar-refractivity contribution in [2.75, 3.05) is 26.7 Å². The van der Waals surface area contributed by atoms with E-state index in [2.05, 4.69) is 22.2 Å². The first kappa shape index (κ1) is 16.7. The van der Waals surface area contributed by atoms with Gasteiger partial charge < -0.3 is 10.2 Å². The van der Waals surface area contributed by atoms with Crippen molar-refractivity contribution in [1.29, 1.82) is 0 Å². The van der Waals surface area contributed by atoms with Gasteiger partial charge in [0.05, 0.1) is 11.3 Å². The lowest BCUT2D eigenvalue weighted by atomic mass is 9.94. The Morgan fingerprint density at radius 1 is 1.17 bits per heavy atom. The number of hydrogen-bond acceptors (Lipinski definition) is 3. The molecule has 1 fully saturated rings. The summed E-state index contributed by atoms with van der Waals surface area (Å²) in [6, 6.07) is 13.7. The second kappa shape index (κ2) is 8.06. The van der Waals surface area contributed by atoms with Gasteiger partial charge in [-0.15, -0.1) is 0 Å². The molecule has 0 saturated carbocycles. The Hall–Kier alpha value is -2.20. The van der Waals surface area contributed by atoms with Crippen molar-refractivity contribution in [2.45, 2.75) is 19.3 Å². The van der Waals surface area contributed by atoms with E-state index in [0.29, 0.717) is 5.56 Å². The summed E-state index contributed by atoms with van der Waals surface area (Å²) >= 11 is 0. The number of nitrogens with zero attached hydrogens (tertiary/aromatic N) is 2. The Bertz CT molecular complexity index is 646. The molecule has 0 aliphatic carbocycles. The van der Waals surface area contributed by atoms with Crippen molar-refractivity contribution in [3.05, 3.63) is 54.2 Å². The predicted molar refractivity (Wildman–Crippen MR) is 96.8 cm³/mol. The summed E-state index contributed by atoms with van der Waals surface area (Å²) in [4.78, 5) is 19.0. The SMILES string of the molecule is CN1CCC(CCNC(=O)c2ccc(-c3ccccc3)nc2)CC1.